The van der Waals surface area contributed by atoms with Crippen LogP contribution in [-0.4, -0.2) is 30.6 Å². The fourth-order valence-electron chi connectivity index (χ4n) is 1.65. The summed E-state index contributed by atoms with van der Waals surface area (Å²) in [6, 6.07) is 5.17. The van der Waals surface area contributed by atoms with Crippen molar-refractivity contribution < 1.29 is 24.1 Å². The van der Waals surface area contributed by atoms with Crippen LogP contribution in [0.5, 0.6) is 11.5 Å². The Morgan fingerprint density at radius 2 is 2.05 bits per heavy atom. The molecule has 0 aliphatic carbocycles. The summed E-state index contributed by atoms with van der Waals surface area (Å²) in [6.07, 6.45) is 0.0705. The minimum atomic E-state index is -0.922. The minimum absolute atomic E-state index is 0.190. The Labute approximate surface area is 119 Å². The van der Waals surface area contributed by atoms with Gasteiger partial charge < -0.3 is 19.3 Å². The zero-order chi connectivity index (χ0) is 15.0. The van der Waals surface area contributed by atoms with Gasteiger partial charge in [-0.3, -0.25) is 4.79 Å². The molecule has 1 N–H and O–H groups in total. The third-order valence-electron chi connectivity index (χ3n) is 2.42. The van der Waals surface area contributed by atoms with Crippen molar-refractivity contribution in [3.05, 3.63) is 23.8 Å². The highest BCUT2D eigenvalue weighted by Gasteiger charge is 2.11. The molecule has 5 heteroatoms. The van der Waals surface area contributed by atoms with Gasteiger partial charge in [-0.05, 0) is 38.0 Å². The average Bonchev–Trinajstić information content (AvgIpc) is 2.39. The second-order valence-corrected chi connectivity index (χ2v) is 4.33. The number of hydrogen-bond acceptors (Lipinski definition) is 5. The molecule has 0 saturated carbocycles. The first-order valence-electron chi connectivity index (χ1n) is 6.82. The van der Waals surface area contributed by atoms with Crippen molar-refractivity contribution in [1.82, 2.24) is 0 Å². The molecule has 1 aromatic rings. The Bertz CT molecular complexity index is 428. The summed E-state index contributed by atoms with van der Waals surface area (Å²) in [4.78, 5) is 11.6. The standard InChI is InChI=1S/C15H22O5/c1-4-8-19-15(17)10-12-6-7-13(20-11(3)16)14(9-12)18-5-2/h6-7,9,11,16H,4-5,8,10H2,1-3H3. The Kier molecular flexibility index (Phi) is 6.87. The molecule has 0 saturated heterocycles. The molecular weight excluding hydrogens is 260 g/mol. The molecule has 1 aromatic carbocycles. The van der Waals surface area contributed by atoms with Crippen molar-refractivity contribution >= 4 is 5.97 Å². The molecule has 112 valence electrons. The minimum Gasteiger partial charge on any atom is -0.490 e. The quantitative estimate of drug-likeness (QED) is 0.585. The summed E-state index contributed by atoms with van der Waals surface area (Å²) in [6.45, 7) is 6.23. The topological polar surface area (TPSA) is 65.0 Å². The Balaban J connectivity index is 2.78. The lowest BCUT2D eigenvalue weighted by Gasteiger charge is -2.14. The molecular formula is C15H22O5. The number of ether oxygens (including phenoxy) is 3. The number of rotatable bonds is 8. The lowest BCUT2D eigenvalue weighted by Crippen LogP contribution is -2.12. The van der Waals surface area contributed by atoms with Gasteiger partial charge in [-0.1, -0.05) is 13.0 Å². The van der Waals surface area contributed by atoms with E-state index < -0.39 is 6.29 Å². The third-order valence-corrected chi connectivity index (χ3v) is 2.42. The normalized spacial score (nSPS) is 11.8. The smallest absolute Gasteiger partial charge is 0.310 e. The maximum Gasteiger partial charge on any atom is 0.310 e. The van der Waals surface area contributed by atoms with E-state index in [1.54, 1.807) is 18.2 Å². The number of carbonyl (C=O) groups excluding carboxylic acids is 1. The summed E-state index contributed by atoms with van der Waals surface area (Å²) in [5, 5.41) is 9.26. The first-order chi connectivity index (χ1) is 9.56. The van der Waals surface area contributed by atoms with Crippen molar-refractivity contribution in [3.63, 3.8) is 0 Å². The van der Waals surface area contributed by atoms with Gasteiger partial charge in [-0.15, -0.1) is 0 Å². The molecule has 1 unspecified atom stereocenters. The number of esters is 1. The summed E-state index contributed by atoms with van der Waals surface area (Å²) in [5.41, 5.74) is 0.785. The van der Waals surface area contributed by atoms with E-state index >= 15 is 0 Å². The summed E-state index contributed by atoms with van der Waals surface area (Å²) >= 11 is 0. The highest BCUT2D eigenvalue weighted by Crippen LogP contribution is 2.29. The van der Waals surface area contributed by atoms with Crippen LogP contribution in [0.1, 0.15) is 32.8 Å². The third kappa shape index (κ3) is 5.48. The van der Waals surface area contributed by atoms with E-state index in [9.17, 15) is 9.90 Å². The van der Waals surface area contributed by atoms with Crippen molar-refractivity contribution in [2.75, 3.05) is 13.2 Å². The van der Waals surface area contributed by atoms with Gasteiger partial charge in [0, 0.05) is 0 Å². The van der Waals surface area contributed by atoms with Gasteiger partial charge in [0.05, 0.1) is 19.6 Å². The zero-order valence-electron chi connectivity index (χ0n) is 12.2. The second-order valence-electron chi connectivity index (χ2n) is 4.33. The maximum absolute atomic E-state index is 11.6. The van der Waals surface area contributed by atoms with Crippen LogP contribution in [0.4, 0.5) is 0 Å². The predicted octanol–water partition coefficient (Wildman–Crippen LogP) is 2.30. The van der Waals surface area contributed by atoms with Crippen LogP contribution in [0.3, 0.4) is 0 Å². The highest BCUT2D eigenvalue weighted by atomic mass is 16.6. The Morgan fingerprint density at radius 1 is 1.30 bits per heavy atom. The summed E-state index contributed by atoms with van der Waals surface area (Å²) in [7, 11) is 0. The molecule has 5 nitrogen and oxygen atoms in total. The molecule has 0 fully saturated rings. The van der Waals surface area contributed by atoms with E-state index in [1.165, 1.54) is 6.92 Å². The van der Waals surface area contributed by atoms with E-state index in [4.69, 9.17) is 14.2 Å². The maximum atomic E-state index is 11.6. The van der Waals surface area contributed by atoms with Crippen LogP contribution in [-0.2, 0) is 16.0 Å². The molecule has 0 aromatic heterocycles. The summed E-state index contributed by atoms with van der Waals surface area (Å²) < 4.78 is 15.7. The first kappa shape index (κ1) is 16.3. The van der Waals surface area contributed by atoms with Crippen LogP contribution >= 0.6 is 0 Å². The van der Waals surface area contributed by atoms with Gasteiger partial charge in [0.2, 0.25) is 0 Å². The van der Waals surface area contributed by atoms with Crippen LogP contribution in [0, 0.1) is 0 Å². The Morgan fingerprint density at radius 3 is 2.65 bits per heavy atom. The lowest BCUT2D eigenvalue weighted by atomic mass is 10.1. The number of hydrogen-bond donors (Lipinski definition) is 1. The van der Waals surface area contributed by atoms with Crippen LogP contribution in [0.25, 0.3) is 0 Å². The second kappa shape index (κ2) is 8.43. The van der Waals surface area contributed by atoms with Crippen molar-refractivity contribution in [3.8, 4) is 11.5 Å². The van der Waals surface area contributed by atoms with Crippen molar-refractivity contribution in [2.24, 2.45) is 0 Å². The molecule has 0 radical (unpaired) electrons. The van der Waals surface area contributed by atoms with Gasteiger partial charge in [0.15, 0.2) is 17.8 Å². The molecule has 0 heterocycles. The van der Waals surface area contributed by atoms with Gasteiger partial charge in [-0.25, -0.2) is 0 Å². The number of benzene rings is 1. The molecule has 0 aliphatic rings. The predicted molar refractivity (Wildman–Crippen MR) is 74.9 cm³/mol. The zero-order valence-corrected chi connectivity index (χ0v) is 12.2. The van der Waals surface area contributed by atoms with Crippen LogP contribution < -0.4 is 9.47 Å². The van der Waals surface area contributed by atoms with Crippen molar-refractivity contribution in [2.45, 2.75) is 39.9 Å². The first-order valence-corrected chi connectivity index (χ1v) is 6.82. The highest BCUT2D eigenvalue weighted by molar-refractivity contribution is 5.73. The number of aliphatic hydroxyl groups excluding tert-OH is 1. The monoisotopic (exact) mass is 282 g/mol. The number of carbonyl (C=O) groups is 1. The molecule has 1 atom stereocenters. The van der Waals surface area contributed by atoms with E-state index in [2.05, 4.69) is 0 Å². The van der Waals surface area contributed by atoms with Crippen LogP contribution in [0.15, 0.2) is 18.2 Å². The SMILES string of the molecule is CCCOC(=O)Cc1ccc(OC(C)O)c(OCC)c1. The molecule has 0 spiro atoms. The molecule has 0 aliphatic heterocycles. The van der Waals surface area contributed by atoms with Crippen molar-refractivity contribution in [1.29, 1.82) is 0 Å². The summed E-state index contributed by atoms with van der Waals surface area (Å²) in [5.74, 6) is 0.695. The fraction of sp³-hybridized carbons (Fsp3) is 0.533. The van der Waals surface area contributed by atoms with E-state index in [-0.39, 0.29) is 12.4 Å². The molecule has 20 heavy (non-hydrogen) atoms. The number of aliphatic hydroxyl groups is 1. The largest absolute Gasteiger partial charge is 0.490 e. The van der Waals surface area contributed by atoms with Crippen LogP contribution in [0.2, 0.25) is 0 Å². The molecule has 1 rings (SSSR count). The fourth-order valence-corrected chi connectivity index (χ4v) is 1.65. The van der Waals surface area contributed by atoms with Gasteiger partial charge in [-0.2, -0.15) is 0 Å². The van der Waals surface area contributed by atoms with Gasteiger partial charge in [0.1, 0.15) is 0 Å². The van der Waals surface area contributed by atoms with E-state index in [0.29, 0.717) is 24.7 Å². The van der Waals surface area contributed by atoms with Gasteiger partial charge in [0.25, 0.3) is 0 Å². The molecule has 0 bridgehead atoms. The average molecular weight is 282 g/mol. The van der Waals surface area contributed by atoms with E-state index in [0.717, 1.165) is 12.0 Å². The molecule has 0 amide bonds. The van der Waals surface area contributed by atoms with Gasteiger partial charge >= 0.3 is 5.97 Å². The Hall–Kier alpha value is -1.75. The lowest BCUT2D eigenvalue weighted by molar-refractivity contribution is -0.142. The van der Waals surface area contributed by atoms with E-state index in [1.807, 2.05) is 13.8 Å².